The zero-order valence-electron chi connectivity index (χ0n) is 17.4. The lowest BCUT2D eigenvalue weighted by Gasteiger charge is -2.26. The van der Waals surface area contributed by atoms with Gasteiger partial charge in [-0.1, -0.05) is 18.2 Å². The summed E-state index contributed by atoms with van der Waals surface area (Å²) in [7, 11) is 1.75. The number of nitrogens with zero attached hydrogens (tertiary/aromatic N) is 4. The molecule has 7 nitrogen and oxygen atoms in total. The molecule has 1 aromatic heterocycles. The van der Waals surface area contributed by atoms with E-state index in [0.29, 0.717) is 32.0 Å². The predicted octanol–water partition coefficient (Wildman–Crippen LogP) is 2.52. The van der Waals surface area contributed by atoms with Crippen molar-refractivity contribution in [3.63, 3.8) is 0 Å². The van der Waals surface area contributed by atoms with Gasteiger partial charge in [0, 0.05) is 61.6 Å². The largest absolute Gasteiger partial charge is 0.383 e. The molecule has 0 aliphatic carbocycles. The fourth-order valence-electron chi connectivity index (χ4n) is 4.62. The lowest BCUT2D eigenvalue weighted by atomic mass is 10.0. The van der Waals surface area contributed by atoms with Crippen LogP contribution in [0.5, 0.6) is 0 Å². The van der Waals surface area contributed by atoms with Gasteiger partial charge in [-0.15, -0.1) is 11.8 Å². The zero-order chi connectivity index (χ0) is 20.5. The molecule has 1 unspecified atom stereocenters. The normalized spacial score (nSPS) is 21.5. The summed E-state index contributed by atoms with van der Waals surface area (Å²) in [6, 6.07) is 8.77. The maximum absolute atomic E-state index is 13.4. The van der Waals surface area contributed by atoms with Crippen LogP contribution < -0.4 is 0 Å². The fourth-order valence-corrected chi connectivity index (χ4v) is 5.69. The number of hydrogen-bond donors (Lipinski definition) is 0. The maximum atomic E-state index is 13.4. The molecule has 5 rings (SSSR count). The summed E-state index contributed by atoms with van der Waals surface area (Å²) in [5.74, 6) is 0.834. The Balaban J connectivity index is 1.52. The van der Waals surface area contributed by atoms with Crippen LogP contribution >= 0.6 is 11.8 Å². The third-order valence-corrected chi connectivity index (χ3v) is 7.33. The van der Waals surface area contributed by atoms with Gasteiger partial charge in [0.15, 0.2) is 5.69 Å². The van der Waals surface area contributed by atoms with Gasteiger partial charge in [-0.3, -0.25) is 14.4 Å². The summed E-state index contributed by atoms with van der Waals surface area (Å²) in [4.78, 5) is 19.0. The first-order valence-corrected chi connectivity index (χ1v) is 11.7. The van der Waals surface area contributed by atoms with E-state index in [2.05, 4.69) is 33.8 Å². The molecular formula is C22H28N4O3S. The molecule has 2 saturated heterocycles. The smallest absolute Gasteiger partial charge is 0.274 e. The molecule has 3 aliphatic rings. The summed E-state index contributed by atoms with van der Waals surface area (Å²) in [6.45, 7) is 6.12. The number of aromatic nitrogens is 2. The van der Waals surface area contributed by atoms with E-state index in [-0.39, 0.29) is 11.9 Å². The minimum atomic E-state index is 0.0440. The highest BCUT2D eigenvalue weighted by Gasteiger charge is 2.35. The second-order valence-corrected chi connectivity index (χ2v) is 9.06. The van der Waals surface area contributed by atoms with Crippen molar-refractivity contribution in [2.24, 2.45) is 0 Å². The second kappa shape index (κ2) is 8.70. The Morgan fingerprint density at radius 3 is 2.93 bits per heavy atom. The fraction of sp³-hybridized carbons (Fsp3) is 0.545. The first-order chi connectivity index (χ1) is 14.8. The lowest BCUT2D eigenvalue weighted by Crippen LogP contribution is -2.41. The number of ether oxygens (including phenoxy) is 2. The number of likely N-dealkylation sites (tertiary alicyclic amines) is 1. The number of carbonyl (C=O) groups is 1. The van der Waals surface area contributed by atoms with Crippen LogP contribution in [0, 0.1) is 0 Å². The minimum absolute atomic E-state index is 0.0440. The molecule has 3 aliphatic heterocycles. The van der Waals surface area contributed by atoms with Gasteiger partial charge in [0.05, 0.1) is 31.6 Å². The lowest BCUT2D eigenvalue weighted by molar-refractivity contribution is 0.0297. The van der Waals surface area contributed by atoms with Crippen LogP contribution in [0.3, 0.4) is 0 Å². The molecule has 2 fully saturated rings. The molecule has 160 valence electrons. The van der Waals surface area contributed by atoms with Crippen LogP contribution in [0.1, 0.15) is 28.5 Å². The van der Waals surface area contributed by atoms with Crippen LogP contribution in [0.4, 0.5) is 0 Å². The Labute approximate surface area is 181 Å². The molecule has 1 atom stereocenters. The zero-order valence-corrected chi connectivity index (χ0v) is 18.2. The van der Waals surface area contributed by atoms with E-state index in [0.717, 1.165) is 49.7 Å². The molecule has 2 aromatic rings. The van der Waals surface area contributed by atoms with Gasteiger partial charge in [0.1, 0.15) is 0 Å². The van der Waals surface area contributed by atoms with E-state index in [1.54, 1.807) is 18.9 Å². The van der Waals surface area contributed by atoms with Gasteiger partial charge >= 0.3 is 0 Å². The van der Waals surface area contributed by atoms with E-state index < -0.39 is 0 Å². The van der Waals surface area contributed by atoms with Crippen molar-refractivity contribution in [2.45, 2.75) is 23.1 Å². The third kappa shape index (κ3) is 3.66. The molecule has 0 saturated carbocycles. The van der Waals surface area contributed by atoms with E-state index >= 15 is 0 Å². The van der Waals surface area contributed by atoms with E-state index in [4.69, 9.17) is 14.6 Å². The van der Waals surface area contributed by atoms with Gasteiger partial charge in [-0.05, 0) is 12.5 Å². The second-order valence-electron chi connectivity index (χ2n) is 8.05. The summed E-state index contributed by atoms with van der Waals surface area (Å²) in [5.41, 5.74) is 4.06. The van der Waals surface area contributed by atoms with Crippen molar-refractivity contribution in [3.8, 4) is 11.3 Å². The van der Waals surface area contributed by atoms with Gasteiger partial charge in [-0.2, -0.15) is 5.10 Å². The van der Waals surface area contributed by atoms with Gasteiger partial charge in [0.25, 0.3) is 5.91 Å². The van der Waals surface area contributed by atoms with Crippen LogP contribution in [-0.2, 0) is 15.2 Å². The summed E-state index contributed by atoms with van der Waals surface area (Å²) >= 11 is 1.80. The highest BCUT2D eigenvalue weighted by molar-refractivity contribution is 7.98. The number of carbonyl (C=O) groups excluding carboxylic acids is 1. The summed E-state index contributed by atoms with van der Waals surface area (Å²) < 4.78 is 12.9. The SMILES string of the molecule is COCCN1CCC(n2nc(C(=O)N3CCOCC3)c3c2-c2ccccc2SC3)C1. The van der Waals surface area contributed by atoms with Crippen molar-refractivity contribution in [2.75, 3.05) is 59.7 Å². The summed E-state index contributed by atoms with van der Waals surface area (Å²) in [5, 5.41) is 4.98. The quantitative estimate of drug-likeness (QED) is 0.729. The van der Waals surface area contributed by atoms with Crippen molar-refractivity contribution in [1.82, 2.24) is 19.6 Å². The van der Waals surface area contributed by atoms with Crippen molar-refractivity contribution in [1.29, 1.82) is 0 Å². The highest BCUT2D eigenvalue weighted by atomic mass is 32.2. The predicted molar refractivity (Wildman–Crippen MR) is 116 cm³/mol. The van der Waals surface area contributed by atoms with Crippen molar-refractivity contribution in [3.05, 3.63) is 35.5 Å². The minimum Gasteiger partial charge on any atom is -0.383 e. The Kier molecular flexibility index (Phi) is 5.82. The molecule has 1 aromatic carbocycles. The number of hydrogen-bond acceptors (Lipinski definition) is 6. The number of amides is 1. The molecule has 1 amide bonds. The molecule has 30 heavy (non-hydrogen) atoms. The number of rotatable bonds is 5. The average molecular weight is 429 g/mol. The summed E-state index contributed by atoms with van der Waals surface area (Å²) in [6.07, 6.45) is 1.04. The van der Waals surface area contributed by atoms with Crippen LogP contribution in [0.25, 0.3) is 11.3 Å². The van der Waals surface area contributed by atoms with E-state index in [9.17, 15) is 4.79 Å². The van der Waals surface area contributed by atoms with Crippen LogP contribution in [0.15, 0.2) is 29.2 Å². The van der Waals surface area contributed by atoms with Gasteiger partial charge in [0.2, 0.25) is 0 Å². The Morgan fingerprint density at radius 1 is 1.27 bits per heavy atom. The van der Waals surface area contributed by atoms with Crippen LogP contribution in [-0.4, -0.2) is 85.1 Å². The molecular weight excluding hydrogens is 400 g/mol. The Bertz CT molecular complexity index is 925. The molecule has 8 heteroatoms. The van der Waals surface area contributed by atoms with Gasteiger partial charge in [-0.25, -0.2) is 0 Å². The number of morpholine rings is 1. The highest BCUT2D eigenvalue weighted by Crippen LogP contribution is 2.44. The molecule has 0 N–H and O–H groups in total. The monoisotopic (exact) mass is 428 g/mol. The first-order valence-electron chi connectivity index (χ1n) is 10.7. The van der Waals surface area contributed by atoms with E-state index in [1.165, 1.54) is 10.5 Å². The third-order valence-electron chi connectivity index (χ3n) is 6.23. The maximum Gasteiger partial charge on any atom is 0.274 e. The van der Waals surface area contributed by atoms with Crippen molar-refractivity contribution < 1.29 is 14.3 Å². The Hall–Kier alpha value is -1.87. The van der Waals surface area contributed by atoms with Crippen molar-refractivity contribution >= 4 is 17.7 Å². The standard InChI is InChI=1S/C22H28N4O3S/c1-28-11-8-24-7-6-16(14-24)26-21-17-4-2-3-5-19(17)30-15-18(21)20(23-26)22(27)25-9-12-29-13-10-25/h2-5,16H,6-15H2,1H3. The number of methoxy groups -OCH3 is 1. The number of thioether (sulfide) groups is 1. The molecule has 0 spiro atoms. The van der Waals surface area contributed by atoms with Crippen LogP contribution in [0.2, 0.25) is 0 Å². The topological polar surface area (TPSA) is 59.8 Å². The molecule has 0 bridgehead atoms. The first kappa shape index (κ1) is 20.1. The number of benzene rings is 1. The molecule has 4 heterocycles. The van der Waals surface area contributed by atoms with E-state index in [1.807, 2.05) is 4.90 Å². The molecule has 0 radical (unpaired) electrons. The van der Waals surface area contributed by atoms with Gasteiger partial charge < -0.3 is 14.4 Å². The Morgan fingerprint density at radius 2 is 2.10 bits per heavy atom. The number of fused-ring (bicyclic) bond motifs is 3. The average Bonchev–Trinajstić information content (AvgIpc) is 3.42.